The van der Waals surface area contributed by atoms with Gasteiger partial charge in [0.05, 0.1) is 5.52 Å². The average Bonchev–Trinajstić information content (AvgIpc) is 3.26. The molecule has 3 heterocycles. The Balaban J connectivity index is 1.40. The summed E-state index contributed by atoms with van der Waals surface area (Å²) < 4.78 is 12.8. The third-order valence-electron chi connectivity index (χ3n) is 5.97. The Bertz CT molecular complexity index is 1330. The monoisotopic (exact) mass is 480 g/mol. The van der Waals surface area contributed by atoms with Crippen LogP contribution in [0, 0.1) is 0 Å². The first-order valence-electron chi connectivity index (χ1n) is 11.1. The van der Waals surface area contributed by atoms with Gasteiger partial charge in [-0.25, -0.2) is 14.2 Å². The molecule has 0 N–H and O–H groups in total. The number of aromatic nitrogens is 4. The van der Waals surface area contributed by atoms with Crippen molar-refractivity contribution in [3.05, 3.63) is 64.9 Å². The molecule has 1 aliphatic rings. The van der Waals surface area contributed by atoms with Gasteiger partial charge in [0.25, 0.3) is 0 Å². The molecule has 0 spiro atoms. The van der Waals surface area contributed by atoms with Crippen molar-refractivity contribution in [3.63, 3.8) is 0 Å². The number of amides is 1. The lowest BCUT2D eigenvalue weighted by molar-refractivity contribution is 0.0793. The predicted octanol–water partition coefficient (Wildman–Crippen LogP) is 3.92. The molecule has 5 rings (SSSR count). The number of hydrogen-bond acceptors (Lipinski definition) is 7. The van der Waals surface area contributed by atoms with Gasteiger partial charge >= 0.3 is 6.09 Å². The summed E-state index contributed by atoms with van der Waals surface area (Å²) in [5.41, 5.74) is 2.40. The molecular formula is C24H25ClN6O3. The Kier molecular flexibility index (Phi) is 6.21. The Morgan fingerprint density at radius 1 is 1.12 bits per heavy atom. The van der Waals surface area contributed by atoms with Crippen LogP contribution in [0.3, 0.4) is 0 Å². The molecule has 0 aliphatic carbocycles. The highest BCUT2D eigenvalue weighted by Gasteiger charge is 2.31. The molecule has 4 aromatic rings. The minimum absolute atomic E-state index is 0.0775. The van der Waals surface area contributed by atoms with Gasteiger partial charge in [0, 0.05) is 43.2 Å². The van der Waals surface area contributed by atoms with E-state index in [9.17, 15) is 4.79 Å². The third kappa shape index (κ3) is 4.24. The van der Waals surface area contributed by atoms with Crippen molar-refractivity contribution < 1.29 is 14.3 Å². The van der Waals surface area contributed by atoms with Crippen LogP contribution >= 0.6 is 11.6 Å². The first-order chi connectivity index (χ1) is 16.5. The van der Waals surface area contributed by atoms with Gasteiger partial charge in [0.15, 0.2) is 11.5 Å². The van der Waals surface area contributed by atoms with Gasteiger partial charge < -0.3 is 19.3 Å². The number of carbonyl (C=O) groups excluding carboxylic acids is 1. The fraction of sp³-hybridized carbons (Fsp3) is 0.333. The summed E-state index contributed by atoms with van der Waals surface area (Å²) in [5.74, 6) is 1.36. The maximum absolute atomic E-state index is 12.8. The number of halogens is 1. The van der Waals surface area contributed by atoms with Crippen LogP contribution in [-0.4, -0.2) is 63.4 Å². The number of benzene rings is 2. The summed E-state index contributed by atoms with van der Waals surface area (Å²) in [4.78, 5) is 21.6. The normalized spacial score (nSPS) is 16.4. The van der Waals surface area contributed by atoms with E-state index in [1.807, 2.05) is 59.9 Å². The summed E-state index contributed by atoms with van der Waals surface area (Å²) in [6.45, 7) is 4.24. The second kappa shape index (κ2) is 9.44. The number of nitrogens with zero attached hydrogens (tertiary/aromatic N) is 6. The lowest BCUT2D eigenvalue weighted by Gasteiger charge is -2.39. The van der Waals surface area contributed by atoms with Crippen molar-refractivity contribution in [3.8, 4) is 0 Å². The molecule has 176 valence electrons. The van der Waals surface area contributed by atoms with E-state index >= 15 is 0 Å². The Morgan fingerprint density at radius 3 is 2.71 bits per heavy atom. The van der Waals surface area contributed by atoms with Gasteiger partial charge in [0.2, 0.25) is 5.95 Å². The molecule has 0 bridgehead atoms. The second-order valence-corrected chi connectivity index (χ2v) is 8.75. The quantitative estimate of drug-likeness (QED) is 0.428. The molecule has 2 aromatic heterocycles. The molecule has 10 heteroatoms. The Morgan fingerprint density at radius 2 is 1.94 bits per heavy atom. The molecular weight excluding hydrogens is 456 g/mol. The molecule has 1 unspecified atom stereocenters. The molecule has 0 saturated carbocycles. The van der Waals surface area contributed by atoms with Gasteiger partial charge in [-0.15, -0.1) is 10.2 Å². The number of anilines is 1. The van der Waals surface area contributed by atoms with Crippen LogP contribution in [-0.2, 0) is 22.7 Å². The first kappa shape index (κ1) is 22.4. The van der Waals surface area contributed by atoms with Crippen LogP contribution < -0.4 is 4.90 Å². The molecule has 0 radical (unpaired) electrons. The van der Waals surface area contributed by atoms with Crippen LogP contribution in [0.2, 0.25) is 5.02 Å². The van der Waals surface area contributed by atoms with Gasteiger partial charge in [-0.05, 0) is 30.7 Å². The topological polar surface area (TPSA) is 85.1 Å². The van der Waals surface area contributed by atoms with Gasteiger partial charge in [-0.2, -0.15) is 0 Å². The molecule has 9 nitrogen and oxygen atoms in total. The van der Waals surface area contributed by atoms with E-state index in [1.165, 1.54) is 0 Å². The zero-order valence-electron chi connectivity index (χ0n) is 19.0. The number of hydrogen-bond donors (Lipinski definition) is 0. The van der Waals surface area contributed by atoms with Gasteiger partial charge in [0.1, 0.15) is 13.2 Å². The zero-order chi connectivity index (χ0) is 23.7. The van der Waals surface area contributed by atoms with E-state index in [4.69, 9.17) is 26.1 Å². The van der Waals surface area contributed by atoms with Gasteiger partial charge in [-0.3, -0.25) is 0 Å². The summed E-state index contributed by atoms with van der Waals surface area (Å²) in [6, 6.07) is 15.1. The van der Waals surface area contributed by atoms with Crippen molar-refractivity contribution in [1.29, 1.82) is 0 Å². The summed E-state index contributed by atoms with van der Waals surface area (Å²) in [5, 5.41) is 10.2. The zero-order valence-corrected chi connectivity index (χ0v) is 19.8. The van der Waals surface area contributed by atoms with Crippen LogP contribution in [0.25, 0.3) is 16.6 Å². The second-order valence-electron chi connectivity index (χ2n) is 8.31. The van der Waals surface area contributed by atoms with Crippen molar-refractivity contribution >= 4 is 40.2 Å². The minimum Gasteiger partial charge on any atom is -0.445 e. The third-order valence-corrected chi connectivity index (χ3v) is 6.21. The summed E-state index contributed by atoms with van der Waals surface area (Å²) in [7, 11) is 1.62. The van der Waals surface area contributed by atoms with Gasteiger partial charge in [-0.1, -0.05) is 41.9 Å². The van der Waals surface area contributed by atoms with Crippen LogP contribution in [0.1, 0.15) is 18.3 Å². The lowest BCUT2D eigenvalue weighted by atomic mass is 10.2. The predicted molar refractivity (Wildman–Crippen MR) is 129 cm³/mol. The number of piperazine rings is 1. The van der Waals surface area contributed by atoms with Crippen LogP contribution in [0.4, 0.5) is 10.7 Å². The van der Waals surface area contributed by atoms with E-state index < -0.39 is 0 Å². The van der Waals surface area contributed by atoms with Crippen LogP contribution in [0.15, 0.2) is 48.5 Å². The van der Waals surface area contributed by atoms with Crippen molar-refractivity contribution in [2.24, 2.45) is 0 Å². The maximum Gasteiger partial charge on any atom is 0.410 e. The summed E-state index contributed by atoms with van der Waals surface area (Å²) in [6.07, 6.45) is -0.316. The first-order valence-corrected chi connectivity index (χ1v) is 11.5. The minimum atomic E-state index is -0.316. The molecule has 1 saturated heterocycles. The fourth-order valence-corrected chi connectivity index (χ4v) is 4.46. The molecule has 1 amide bonds. The molecule has 1 aliphatic heterocycles. The molecule has 1 atom stereocenters. The van der Waals surface area contributed by atoms with Crippen molar-refractivity contribution in [1.82, 2.24) is 24.5 Å². The van der Waals surface area contributed by atoms with E-state index in [0.717, 1.165) is 16.5 Å². The highest BCUT2D eigenvalue weighted by atomic mass is 35.5. The van der Waals surface area contributed by atoms with Crippen molar-refractivity contribution in [2.45, 2.75) is 26.2 Å². The van der Waals surface area contributed by atoms with E-state index in [0.29, 0.717) is 48.7 Å². The van der Waals surface area contributed by atoms with E-state index in [-0.39, 0.29) is 18.7 Å². The highest BCUT2D eigenvalue weighted by Crippen LogP contribution is 2.28. The largest absolute Gasteiger partial charge is 0.445 e. The highest BCUT2D eigenvalue weighted by molar-refractivity contribution is 6.31. The van der Waals surface area contributed by atoms with E-state index in [1.54, 1.807) is 12.0 Å². The number of ether oxygens (including phenoxy) is 2. The Labute approximate surface area is 201 Å². The number of carbonyl (C=O) groups is 1. The number of rotatable bonds is 5. The molecule has 2 aromatic carbocycles. The SMILES string of the molecule is COCc1nnc2c3ccc(Cl)cc3nc(N3CCN(C(=O)OCc4ccccc4)C(C)C3)n12. The standard InChI is InChI=1S/C24H25ClN6O3/c1-16-13-29(10-11-30(16)24(32)34-14-17-6-4-3-5-7-17)23-26-20-12-18(25)8-9-19(20)22-28-27-21(15-33-2)31(22)23/h3-9,12,16H,10-11,13-15H2,1-2H3. The number of fused-ring (bicyclic) bond motifs is 3. The molecule has 1 fully saturated rings. The molecule has 34 heavy (non-hydrogen) atoms. The maximum atomic E-state index is 12.8. The van der Waals surface area contributed by atoms with E-state index in [2.05, 4.69) is 15.1 Å². The smallest absolute Gasteiger partial charge is 0.410 e. The summed E-state index contributed by atoms with van der Waals surface area (Å²) >= 11 is 6.24. The Hall–Kier alpha value is -3.43. The number of methoxy groups -OCH3 is 1. The van der Waals surface area contributed by atoms with Crippen LogP contribution in [0.5, 0.6) is 0 Å². The van der Waals surface area contributed by atoms with Crippen molar-refractivity contribution in [2.75, 3.05) is 31.6 Å². The lowest BCUT2D eigenvalue weighted by Crippen LogP contribution is -2.54. The fourth-order valence-electron chi connectivity index (χ4n) is 4.29. The average molecular weight is 481 g/mol.